The number of aryl methyl sites for hydroxylation is 1. The zero-order valence-corrected chi connectivity index (χ0v) is 9.82. The maximum atomic E-state index is 4.16. The Hall–Kier alpha value is -0.870. The molecule has 4 nitrogen and oxygen atoms in total. The van der Waals surface area contributed by atoms with Crippen molar-refractivity contribution in [2.75, 3.05) is 19.6 Å². The fourth-order valence-corrected chi connectivity index (χ4v) is 2.05. The Morgan fingerprint density at radius 1 is 1.53 bits per heavy atom. The van der Waals surface area contributed by atoms with Gasteiger partial charge in [0.15, 0.2) is 0 Å². The molecule has 1 fully saturated rings. The molecule has 0 bridgehead atoms. The third-order valence-electron chi connectivity index (χ3n) is 3.24. The molecule has 0 spiro atoms. The Kier molecular flexibility index (Phi) is 2.80. The lowest BCUT2D eigenvalue weighted by atomic mass is 10.00. The highest BCUT2D eigenvalue weighted by molar-refractivity contribution is 5.00. The second kappa shape index (κ2) is 3.94. The van der Waals surface area contributed by atoms with Crippen LogP contribution < -0.4 is 5.32 Å². The second-order valence-electron chi connectivity index (χ2n) is 4.91. The maximum Gasteiger partial charge on any atom is 0.0945 e. The number of nitrogens with one attached hydrogen (secondary N) is 1. The lowest BCUT2D eigenvalue weighted by Gasteiger charge is -2.42. The van der Waals surface area contributed by atoms with Gasteiger partial charge in [-0.05, 0) is 13.8 Å². The fraction of sp³-hybridized carbons (Fsp3) is 0.727. The summed E-state index contributed by atoms with van der Waals surface area (Å²) in [6.07, 6.45) is 3.82. The minimum absolute atomic E-state index is 0.239. The minimum Gasteiger partial charge on any atom is -0.337 e. The second-order valence-corrected chi connectivity index (χ2v) is 4.91. The molecule has 1 aromatic heterocycles. The first kappa shape index (κ1) is 10.6. The zero-order chi connectivity index (χ0) is 10.9. The predicted molar refractivity (Wildman–Crippen MR) is 60.6 cm³/mol. The minimum atomic E-state index is 0.239. The molecule has 1 saturated heterocycles. The number of rotatable bonds is 2. The Morgan fingerprint density at radius 2 is 2.33 bits per heavy atom. The SMILES string of the molecule is Cn1cncc1CN1CCNCC1(C)C. The lowest BCUT2D eigenvalue weighted by molar-refractivity contribution is 0.0805. The van der Waals surface area contributed by atoms with E-state index in [9.17, 15) is 0 Å². The van der Waals surface area contributed by atoms with Crippen LogP contribution in [0.3, 0.4) is 0 Å². The number of nitrogens with zero attached hydrogens (tertiary/aromatic N) is 3. The summed E-state index contributed by atoms with van der Waals surface area (Å²) in [5, 5.41) is 3.44. The van der Waals surface area contributed by atoms with E-state index in [1.807, 2.05) is 12.5 Å². The van der Waals surface area contributed by atoms with E-state index in [2.05, 4.69) is 40.7 Å². The molecule has 0 aromatic carbocycles. The first-order chi connectivity index (χ1) is 7.09. The molecule has 0 unspecified atom stereocenters. The van der Waals surface area contributed by atoms with Gasteiger partial charge in [0.1, 0.15) is 0 Å². The quantitative estimate of drug-likeness (QED) is 0.773. The standard InChI is InChI=1S/C11H20N4/c1-11(2)8-12-4-5-15(11)7-10-6-13-9-14(10)3/h6,9,12H,4-5,7-8H2,1-3H3. The monoisotopic (exact) mass is 208 g/mol. The number of piperazine rings is 1. The largest absolute Gasteiger partial charge is 0.337 e. The van der Waals surface area contributed by atoms with Crippen molar-refractivity contribution in [1.82, 2.24) is 19.8 Å². The fourth-order valence-electron chi connectivity index (χ4n) is 2.05. The number of aromatic nitrogens is 2. The molecule has 0 atom stereocenters. The van der Waals surface area contributed by atoms with E-state index in [4.69, 9.17) is 0 Å². The third kappa shape index (κ3) is 2.21. The van der Waals surface area contributed by atoms with E-state index in [1.54, 1.807) is 0 Å². The van der Waals surface area contributed by atoms with Crippen LogP contribution in [0.4, 0.5) is 0 Å². The van der Waals surface area contributed by atoms with E-state index in [0.29, 0.717) is 0 Å². The van der Waals surface area contributed by atoms with Gasteiger partial charge in [0.25, 0.3) is 0 Å². The van der Waals surface area contributed by atoms with Gasteiger partial charge in [-0.1, -0.05) is 0 Å². The van der Waals surface area contributed by atoms with Gasteiger partial charge >= 0.3 is 0 Å². The van der Waals surface area contributed by atoms with Crippen molar-refractivity contribution in [2.45, 2.75) is 25.9 Å². The highest BCUT2D eigenvalue weighted by atomic mass is 15.3. The molecule has 15 heavy (non-hydrogen) atoms. The summed E-state index contributed by atoms with van der Waals surface area (Å²) in [6, 6.07) is 0. The summed E-state index contributed by atoms with van der Waals surface area (Å²) in [4.78, 5) is 6.67. The van der Waals surface area contributed by atoms with Crippen molar-refractivity contribution in [3.05, 3.63) is 18.2 Å². The molecule has 4 heteroatoms. The smallest absolute Gasteiger partial charge is 0.0945 e. The molecule has 1 aliphatic rings. The van der Waals surface area contributed by atoms with Gasteiger partial charge in [-0.2, -0.15) is 0 Å². The lowest BCUT2D eigenvalue weighted by Crippen LogP contribution is -2.57. The van der Waals surface area contributed by atoms with Crippen LogP contribution >= 0.6 is 0 Å². The van der Waals surface area contributed by atoms with Crippen LogP contribution in [-0.2, 0) is 13.6 Å². The zero-order valence-electron chi connectivity index (χ0n) is 9.82. The van der Waals surface area contributed by atoms with Gasteiger partial charge in [-0.3, -0.25) is 4.90 Å². The molecule has 2 rings (SSSR count). The van der Waals surface area contributed by atoms with Crippen LogP contribution in [-0.4, -0.2) is 39.6 Å². The summed E-state index contributed by atoms with van der Waals surface area (Å²) in [7, 11) is 2.05. The molecule has 0 saturated carbocycles. The van der Waals surface area contributed by atoms with E-state index >= 15 is 0 Å². The first-order valence-corrected chi connectivity index (χ1v) is 5.50. The maximum absolute atomic E-state index is 4.16. The summed E-state index contributed by atoms with van der Waals surface area (Å²) in [6.45, 7) is 8.82. The van der Waals surface area contributed by atoms with Crippen molar-refractivity contribution in [3.63, 3.8) is 0 Å². The van der Waals surface area contributed by atoms with Crippen LogP contribution in [0.25, 0.3) is 0 Å². The van der Waals surface area contributed by atoms with Gasteiger partial charge in [0, 0.05) is 45.0 Å². The molecule has 84 valence electrons. The molecule has 1 N–H and O–H groups in total. The van der Waals surface area contributed by atoms with Gasteiger partial charge in [-0.25, -0.2) is 4.98 Å². The summed E-state index contributed by atoms with van der Waals surface area (Å²) in [5.74, 6) is 0. The van der Waals surface area contributed by atoms with E-state index in [1.165, 1.54) is 5.69 Å². The van der Waals surface area contributed by atoms with Crippen LogP contribution in [0.1, 0.15) is 19.5 Å². The van der Waals surface area contributed by atoms with E-state index < -0.39 is 0 Å². The van der Waals surface area contributed by atoms with Gasteiger partial charge in [-0.15, -0.1) is 0 Å². The average Bonchev–Trinajstić information content (AvgIpc) is 2.56. The average molecular weight is 208 g/mol. The Labute approximate surface area is 91.3 Å². The summed E-state index contributed by atoms with van der Waals surface area (Å²) in [5.41, 5.74) is 1.52. The topological polar surface area (TPSA) is 33.1 Å². The molecular weight excluding hydrogens is 188 g/mol. The Bertz CT molecular complexity index is 329. The molecule has 1 aliphatic heterocycles. The van der Waals surface area contributed by atoms with Crippen molar-refractivity contribution >= 4 is 0 Å². The molecule has 0 radical (unpaired) electrons. The van der Waals surface area contributed by atoms with Gasteiger partial charge in [0.05, 0.1) is 12.0 Å². The third-order valence-corrected chi connectivity index (χ3v) is 3.24. The van der Waals surface area contributed by atoms with Crippen molar-refractivity contribution in [2.24, 2.45) is 7.05 Å². The first-order valence-electron chi connectivity index (χ1n) is 5.50. The predicted octanol–water partition coefficient (Wildman–Crippen LogP) is 0.604. The van der Waals surface area contributed by atoms with Crippen LogP contribution in [0.5, 0.6) is 0 Å². The Balaban J connectivity index is 2.07. The molecule has 2 heterocycles. The van der Waals surface area contributed by atoms with Crippen molar-refractivity contribution in [1.29, 1.82) is 0 Å². The molecule has 0 aliphatic carbocycles. The van der Waals surface area contributed by atoms with Crippen molar-refractivity contribution in [3.8, 4) is 0 Å². The van der Waals surface area contributed by atoms with Crippen LogP contribution in [0.2, 0.25) is 0 Å². The highest BCUT2D eigenvalue weighted by Crippen LogP contribution is 2.18. The molecule has 1 aromatic rings. The molecular formula is C11H20N4. The van der Waals surface area contributed by atoms with Gasteiger partial charge in [0.2, 0.25) is 0 Å². The van der Waals surface area contributed by atoms with Crippen molar-refractivity contribution < 1.29 is 0 Å². The normalized spacial score (nSPS) is 21.8. The van der Waals surface area contributed by atoms with Crippen LogP contribution in [0.15, 0.2) is 12.5 Å². The van der Waals surface area contributed by atoms with E-state index in [-0.39, 0.29) is 5.54 Å². The van der Waals surface area contributed by atoms with Crippen LogP contribution in [0, 0.1) is 0 Å². The highest BCUT2D eigenvalue weighted by Gasteiger charge is 2.29. The Morgan fingerprint density at radius 3 is 2.93 bits per heavy atom. The number of hydrogen-bond donors (Lipinski definition) is 1. The number of imidazole rings is 1. The van der Waals surface area contributed by atoms with Gasteiger partial charge < -0.3 is 9.88 Å². The molecule has 0 amide bonds. The number of hydrogen-bond acceptors (Lipinski definition) is 3. The van der Waals surface area contributed by atoms with E-state index in [0.717, 1.165) is 26.2 Å². The summed E-state index contributed by atoms with van der Waals surface area (Å²) >= 11 is 0. The summed E-state index contributed by atoms with van der Waals surface area (Å²) < 4.78 is 2.10.